The Morgan fingerprint density at radius 2 is 1.04 bits per heavy atom. The van der Waals surface area contributed by atoms with Gasteiger partial charge in [-0.1, -0.05) is 48.5 Å². The van der Waals surface area contributed by atoms with E-state index < -0.39 is 102 Å². The highest BCUT2D eigenvalue weighted by Crippen LogP contribution is 2.57. The van der Waals surface area contributed by atoms with Gasteiger partial charge in [-0.3, -0.25) is 22.6 Å². The first-order chi connectivity index (χ1) is 26.7. The fraction of sp³-hybridized carbons (Fsp3) is 0.543. The zero-order chi connectivity index (χ0) is 38.9. The molecule has 4 saturated heterocycles. The van der Waals surface area contributed by atoms with E-state index in [1.807, 2.05) is 30.3 Å². The molecule has 10 atom stereocenters. The fourth-order valence-corrected chi connectivity index (χ4v) is 8.47. The molecule has 6 rings (SSSR count). The molecule has 55 heavy (non-hydrogen) atoms. The lowest BCUT2D eigenvalue weighted by molar-refractivity contribution is -0.344. The first-order valence-corrected chi connectivity index (χ1v) is 19.9. The van der Waals surface area contributed by atoms with Crippen LogP contribution in [0.5, 0.6) is 5.75 Å². The predicted octanol–water partition coefficient (Wildman–Crippen LogP) is 3.95. The van der Waals surface area contributed by atoms with Gasteiger partial charge in [0.2, 0.25) is 30.7 Å². The monoisotopic (exact) mass is 812 g/mol. The standard InChI is InChI=1S/C35H42O18P2/c1-5-40-30(36)25-26(31(37)41-6-2)50-54(49-25)48-24-23-22(19-44-34(47-23)20-15-11-9-12-16-20)46-35(45-21-17-13-10-14-18-21)29(24)53-55-51-27(32(38)42-7-3)28(52-55)33(39)43-8-4/h9-18,22-29,34-35H,5-8,19H2,1-4H3/t22-,23-,24+,25-,26-,27-,28-,29-,34?,35-/m1/s1. The zero-order valence-corrected chi connectivity index (χ0v) is 32.1. The van der Waals surface area contributed by atoms with E-state index in [2.05, 4.69) is 0 Å². The summed E-state index contributed by atoms with van der Waals surface area (Å²) in [5.74, 6) is -3.10. The van der Waals surface area contributed by atoms with Gasteiger partial charge in [-0.25, -0.2) is 19.2 Å². The number of hydrogen-bond donors (Lipinski definition) is 0. The summed E-state index contributed by atoms with van der Waals surface area (Å²) in [6, 6.07) is 17.8. The van der Waals surface area contributed by atoms with E-state index >= 15 is 0 Å². The van der Waals surface area contributed by atoms with Crippen molar-refractivity contribution >= 4 is 41.1 Å². The molecule has 4 fully saturated rings. The Kier molecular flexibility index (Phi) is 14.7. The van der Waals surface area contributed by atoms with Crippen LogP contribution in [-0.4, -0.2) is 112 Å². The maximum atomic E-state index is 13.0. The van der Waals surface area contributed by atoms with Crippen molar-refractivity contribution < 1.29 is 84.2 Å². The molecule has 4 heterocycles. The van der Waals surface area contributed by atoms with Gasteiger partial charge in [0.25, 0.3) is 0 Å². The first kappa shape index (κ1) is 41.3. The summed E-state index contributed by atoms with van der Waals surface area (Å²) in [5, 5.41) is 0. The number of carbonyl (C=O) groups excluding carboxylic acids is 4. The summed E-state index contributed by atoms with van der Waals surface area (Å²) in [6.45, 7) is 6.40. The molecule has 1 unspecified atom stereocenters. The zero-order valence-electron chi connectivity index (χ0n) is 30.3. The van der Waals surface area contributed by atoms with Crippen molar-refractivity contribution in [1.29, 1.82) is 0 Å². The lowest BCUT2D eigenvalue weighted by Crippen LogP contribution is -2.63. The number of carbonyl (C=O) groups is 4. The minimum atomic E-state index is -2.56. The summed E-state index contributed by atoms with van der Waals surface area (Å²) in [7, 11) is -5.10. The van der Waals surface area contributed by atoms with Crippen LogP contribution in [0.3, 0.4) is 0 Å². The summed E-state index contributed by atoms with van der Waals surface area (Å²) in [5.41, 5.74) is 0.685. The van der Waals surface area contributed by atoms with Gasteiger partial charge in [0.05, 0.1) is 33.0 Å². The van der Waals surface area contributed by atoms with Crippen LogP contribution in [0.25, 0.3) is 0 Å². The Labute approximate surface area is 319 Å². The Morgan fingerprint density at radius 3 is 1.49 bits per heavy atom. The minimum Gasteiger partial charge on any atom is -0.464 e. The number of hydrogen-bond acceptors (Lipinski definition) is 18. The molecule has 20 heteroatoms. The van der Waals surface area contributed by atoms with Gasteiger partial charge in [-0.15, -0.1) is 0 Å². The van der Waals surface area contributed by atoms with Crippen LogP contribution in [0.4, 0.5) is 0 Å². The second kappa shape index (κ2) is 19.7. The second-order valence-electron chi connectivity index (χ2n) is 11.8. The summed E-state index contributed by atoms with van der Waals surface area (Å²) < 4.78 is 82.4. The van der Waals surface area contributed by atoms with Crippen molar-refractivity contribution in [2.75, 3.05) is 33.0 Å². The third kappa shape index (κ3) is 9.96. The average molecular weight is 813 g/mol. The molecule has 0 spiro atoms. The van der Waals surface area contributed by atoms with Gasteiger partial charge >= 0.3 is 41.1 Å². The number of esters is 4. The molecular weight excluding hydrogens is 770 g/mol. The summed E-state index contributed by atoms with van der Waals surface area (Å²) >= 11 is 0. The third-order valence-electron chi connectivity index (χ3n) is 8.19. The van der Waals surface area contributed by atoms with E-state index in [4.69, 9.17) is 65.0 Å². The number of benzene rings is 2. The van der Waals surface area contributed by atoms with Crippen LogP contribution >= 0.6 is 17.2 Å². The summed E-state index contributed by atoms with van der Waals surface area (Å²) in [4.78, 5) is 51.8. The lowest BCUT2D eigenvalue weighted by atomic mass is 9.98. The Morgan fingerprint density at radius 1 is 0.600 bits per heavy atom. The van der Waals surface area contributed by atoms with Crippen molar-refractivity contribution in [3.8, 4) is 5.75 Å². The van der Waals surface area contributed by atoms with Crippen molar-refractivity contribution in [1.82, 2.24) is 0 Å². The topological polar surface area (TPSA) is 197 Å². The number of rotatable bonds is 15. The molecule has 300 valence electrons. The maximum Gasteiger partial charge on any atom is 0.339 e. The molecular formula is C35H42O18P2. The molecule has 0 saturated carbocycles. The highest BCUT2D eigenvalue weighted by atomic mass is 31.2. The van der Waals surface area contributed by atoms with E-state index in [9.17, 15) is 19.2 Å². The molecule has 2 aromatic rings. The van der Waals surface area contributed by atoms with Gasteiger partial charge in [-0.2, -0.15) is 0 Å². The minimum absolute atomic E-state index is 0.000371. The Hall–Kier alpha value is -3.38. The highest BCUT2D eigenvalue weighted by Gasteiger charge is 2.59. The third-order valence-corrected chi connectivity index (χ3v) is 10.6. The van der Waals surface area contributed by atoms with Crippen LogP contribution in [0.1, 0.15) is 39.5 Å². The number of fused-ring (bicyclic) bond motifs is 1. The Balaban J connectivity index is 1.35. The number of ether oxygens (including phenoxy) is 8. The second-order valence-corrected chi connectivity index (χ2v) is 14.0. The molecule has 0 amide bonds. The quantitative estimate of drug-likeness (QED) is 0.142. The molecule has 18 nitrogen and oxygen atoms in total. The van der Waals surface area contributed by atoms with Crippen LogP contribution in [0.2, 0.25) is 0 Å². The van der Waals surface area contributed by atoms with Crippen LogP contribution < -0.4 is 4.74 Å². The Bertz CT molecular complexity index is 1540. The fourth-order valence-electron chi connectivity index (χ4n) is 5.79. The van der Waals surface area contributed by atoms with Crippen molar-refractivity contribution in [3.05, 3.63) is 66.2 Å². The van der Waals surface area contributed by atoms with E-state index in [1.165, 1.54) is 0 Å². The van der Waals surface area contributed by atoms with Crippen LogP contribution in [-0.2, 0) is 79.5 Å². The van der Waals surface area contributed by atoms with E-state index in [-0.39, 0.29) is 33.0 Å². The molecule has 4 aliphatic heterocycles. The molecule has 0 N–H and O–H groups in total. The van der Waals surface area contributed by atoms with Crippen molar-refractivity contribution in [2.45, 2.75) is 89.1 Å². The molecule has 2 aromatic carbocycles. The smallest absolute Gasteiger partial charge is 0.339 e. The van der Waals surface area contributed by atoms with Crippen LogP contribution in [0, 0.1) is 0 Å². The van der Waals surface area contributed by atoms with Crippen molar-refractivity contribution in [2.24, 2.45) is 0 Å². The molecule has 0 aliphatic carbocycles. The van der Waals surface area contributed by atoms with Gasteiger partial charge < -0.3 is 42.4 Å². The molecule has 0 radical (unpaired) electrons. The van der Waals surface area contributed by atoms with Gasteiger partial charge in [0, 0.05) is 5.56 Å². The predicted molar refractivity (Wildman–Crippen MR) is 185 cm³/mol. The largest absolute Gasteiger partial charge is 0.464 e. The van der Waals surface area contributed by atoms with Crippen molar-refractivity contribution in [3.63, 3.8) is 0 Å². The normalized spacial score (nSPS) is 30.9. The molecule has 4 aliphatic rings. The first-order valence-electron chi connectivity index (χ1n) is 17.7. The SMILES string of the molecule is CCOC(=O)[C@@H]1OP(O[C@@H]2[C@@H](OP3O[C@@H](C(=O)OCC)[C@H](C(=O)OCC)O3)[C@H](Oc3ccccc3)O[C@@H]3COC(c4ccccc4)O[C@@H]23)O[C@H]1C(=O)OCC. The lowest BCUT2D eigenvalue weighted by Gasteiger charge is -2.48. The number of para-hydroxylation sites is 1. The van der Waals surface area contributed by atoms with E-state index in [0.717, 1.165) is 0 Å². The van der Waals surface area contributed by atoms with Gasteiger partial charge in [0.1, 0.15) is 24.1 Å². The highest BCUT2D eigenvalue weighted by molar-refractivity contribution is 7.42. The van der Waals surface area contributed by atoms with E-state index in [0.29, 0.717) is 11.3 Å². The molecule has 0 aromatic heterocycles. The summed E-state index contributed by atoms with van der Waals surface area (Å²) in [6.07, 6.45) is -12.8. The van der Waals surface area contributed by atoms with E-state index in [1.54, 1.807) is 58.0 Å². The maximum absolute atomic E-state index is 13.0. The van der Waals surface area contributed by atoms with Crippen LogP contribution in [0.15, 0.2) is 60.7 Å². The molecule has 0 bridgehead atoms. The average Bonchev–Trinajstić information content (AvgIpc) is 3.82. The van der Waals surface area contributed by atoms with Gasteiger partial charge in [-0.05, 0) is 39.8 Å². The van der Waals surface area contributed by atoms with Gasteiger partial charge in [0.15, 0.2) is 12.4 Å².